The molecule has 1 saturated heterocycles. The molecular weight excluding hydrogens is 247 g/mol. The molecule has 1 unspecified atom stereocenters. The Hall–Kier alpha value is -1.30. The number of hydrogen-bond acceptors (Lipinski definition) is 4. The summed E-state index contributed by atoms with van der Waals surface area (Å²) in [4.78, 5) is 0. The number of aromatic hydroxyl groups is 1. The first-order valence-electron chi connectivity index (χ1n) is 5.36. The lowest BCUT2D eigenvalue weighted by Crippen LogP contribution is -2.33. The van der Waals surface area contributed by atoms with Gasteiger partial charge in [0.1, 0.15) is 5.75 Å². The van der Waals surface area contributed by atoms with Gasteiger partial charge < -0.3 is 9.84 Å². The third kappa shape index (κ3) is 2.69. The molecule has 0 aliphatic carbocycles. The standard InChI is InChI=1S/C11H13FO4S/c12-9-7-8(4-5-10(9)13)16-11-3-1-2-6-17(11,14)15/h4-5,7,11,13H,1-3,6H2. The minimum Gasteiger partial charge on any atom is -0.505 e. The highest BCUT2D eigenvalue weighted by Gasteiger charge is 2.30. The molecular formula is C11H13FO4S. The number of rotatable bonds is 2. The van der Waals surface area contributed by atoms with E-state index in [-0.39, 0.29) is 11.5 Å². The zero-order chi connectivity index (χ0) is 12.5. The van der Waals surface area contributed by atoms with E-state index in [1.54, 1.807) is 0 Å². The Morgan fingerprint density at radius 2 is 2.12 bits per heavy atom. The molecule has 1 atom stereocenters. The van der Waals surface area contributed by atoms with Gasteiger partial charge in [0.15, 0.2) is 26.8 Å². The van der Waals surface area contributed by atoms with Crippen LogP contribution in [0.3, 0.4) is 0 Å². The first-order valence-corrected chi connectivity index (χ1v) is 7.07. The van der Waals surface area contributed by atoms with E-state index in [2.05, 4.69) is 0 Å². The van der Waals surface area contributed by atoms with E-state index in [9.17, 15) is 12.8 Å². The summed E-state index contributed by atoms with van der Waals surface area (Å²) in [5, 5.41) is 9.00. The quantitative estimate of drug-likeness (QED) is 0.881. The molecule has 0 amide bonds. The van der Waals surface area contributed by atoms with Crippen LogP contribution in [0.15, 0.2) is 18.2 Å². The first-order chi connectivity index (χ1) is 7.99. The fourth-order valence-corrected chi connectivity index (χ4v) is 3.42. The molecule has 0 saturated carbocycles. The van der Waals surface area contributed by atoms with Crippen LogP contribution in [0.1, 0.15) is 19.3 Å². The van der Waals surface area contributed by atoms with Crippen molar-refractivity contribution in [2.75, 3.05) is 5.75 Å². The molecule has 94 valence electrons. The lowest BCUT2D eigenvalue weighted by Gasteiger charge is -2.23. The van der Waals surface area contributed by atoms with Crippen LogP contribution in [-0.2, 0) is 9.84 Å². The highest BCUT2D eigenvalue weighted by Crippen LogP contribution is 2.26. The minimum atomic E-state index is -3.25. The average Bonchev–Trinajstić information content (AvgIpc) is 2.26. The van der Waals surface area contributed by atoms with E-state index in [1.165, 1.54) is 6.07 Å². The molecule has 2 rings (SSSR count). The van der Waals surface area contributed by atoms with Crippen molar-refractivity contribution in [3.8, 4) is 11.5 Å². The molecule has 0 radical (unpaired) electrons. The van der Waals surface area contributed by atoms with Crippen LogP contribution in [-0.4, -0.2) is 24.7 Å². The number of phenols is 1. The van der Waals surface area contributed by atoms with Crippen LogP contribution >= 0.6 is 0 Å². The third-order valence-corrected chi connectivity index (χ3v) is 4.70. The maximum atomic E-state index is 13.0. The van der Waals surface area contributed by atoms with E-state index in [4.69, 9.17) is 9.84 Å². The predicted molar refractivity (Wildman–Crippen MR) is 60.1 cm³/mol. The summed E-state index contributed by atoms with van der Waals surface area (Å²) < 4.78 is 41.7. The Morgan fingerprint density at radius 1 is 1.35 bits per heavy atom. The summed E-state index contributed by atoms with van der Waals surface area (Å²) in [5.74, 6) is -1.08. The fraction of sp³-hybridized carbons (Fsp3) is 0.455. The van der Waals surface area contributed by atoms with Crippen molar-refractivity contribution in [3.63, 3.8) is 0 Å². The molecule has 1 N–H and O–H groups in total. The van der Waals surface area contributed by atoms with Gasteiger partial charge in [0.2, 0.25) is 0 Å². The highest BCUT2D eigenvalue weighted by atomic mass is 32.2. The van der Waals surface area contributed by atoms with Crippen molar-refractivity contribution in [3.05, 3.63) is 24.0 Å². The Labute approximate surface area is 98.9 Å². The van der Waals surface area contributed by atoms with E-state index >= 15 is 0 Å². The molecule has 1 aliphatic rings. The van der Waals surface area contributed by atoms with Gasteiger partial charge in [-0.25, -0.2) is 12.8 Å². The second-order valence-corrected chi connectivity index (χ2v) is 6.28. The number of halogens is 1. The predicted octanol–water partition coefficient (Wildman–Crippen LogP) is 1.83. The van der Waals surface area contributed by atoms with Crippen molar-refractivity contribution < 1.29 is 22.7 Å². The fourth-order valence-electron chi connectivity index (χ4n) is 1.77. The topological polar surface area (TPSA) is 63.6 Å². The van der Waals surface area contributed by atoms with Crippen molar-refractivity contribution in [1.29, 1.82) is 0 Å². The van der Waals surface area contributed by atoms with Crippen molar-refractivity contribution in [2.45, 2.75) is 24.7 Å². The third-order valence-electron chi connectivity index (χ3n) is 2.71. The summed E-state index contributed by atoms with van der Waals surface area (Å²) in [6.07, 6.45) is 1.85. The number of sulfone groups is 1. The number of benzene rings is 1. The van der Waals surface area contributed by atoms with Gasteiger partial charge in [0.05, 0.1) is 5.75 Å². The van der Waals surface area contributed by atoms with Gasteiger partial charge in [-0.3, -0.25) is 0 Å². The van der Waals surface area contributed by atoms with Gasteiger partial charge in [-0.15, -0.1) is 0 Å². The van der Waals surface area contributed by atoms with E-state index in [0.29, 0.717) is 12.8 Å². The Bertz CT molecular complexity index is 512. The lowest BCUT2D eigenvalue weighted by molar-refractivity contribution is 0.250. The van der Waals surface area contributed by atoms with Gasteiger partial charge in [-0.2, -0.15) is 0 Å². The van der Waals surface area contributed by atoms with E-state index in [0.717, 1.165) is 18.6 Å². The van der Waals surface area contributed by atoms with Gasteiger partial charge >= 0.3 is 0 Å². The number of phenolic OH excluding ortho intramolecular Hbond substituents is 1. The average molecular weight is 260 g/mol. The maximum Gasteiger partial charge on any atom is 0.199 e. The normalized spacial score (nSPS) is 23.2. The van der Waals surface area contributed by atoms with Crippen LogP contribution in [0, 0.1) is 5.82 Å². The molecule has 1 fully saturated rings. The second-order valence-electron chi connectivity index (χ2n) is 4.02. The first kappa shape index (κ1) is 12.2. The number of hydrogen-bond donors (Lipinski definition) is 1. The second kappa shape index (κ2) is 4.52. The molecule has 0 spiro atoms. The molecule has 1 heterocycles. The SMILES string of the molecule is O=S1(=O)CCCCC1Oc1ccc(O)c(F)c1. The molecule has 0 bridgehead atoms. The minimum absolute atomic E-state index is 0.109. The van der Waals surface area contributed by atoms with Crippen LogP contribution < -0.4 is 4.74 Å². The maximum absolute atomic E-state index is 13.0. The summed E-state index contributed by atoms with van der Waals surface area (Å²) >= 11 is 0. The molecule has 17 heavy (non-hydrogen) atoms. The molecule has 1 aliphatic heterocycles. The highest BCUT2D eigenvalue weighted by molar-refractivity contribution is 7.91. The van der Waals surface area contributed by atoms with Crippen molar-refractivity contribution >= 4 is 9.84 Å². The molecule has 6 heteroatoms. The van der Waals surface area contributed by atoms with Crippen LogP contribution in [0.25, 0.3) is 0 Å². The molecule has 4 nitrogen and oxygen atoms in total. The number of ether oxygens (including phenoxy) is 1. The van der Waals surface area contributed by atoms with E-state index < -0.39 is 26.8 Å². The summed E-state index contributed by atoms with van der Waals surface area (Å²) in [6.45, 7) is 0. The molecule has 1 aromatic rings. The van der Waals surface area contributed by atoms with Gasteiger partial charge in [0, 0.05) is 6.07 Å². The van der Waals surface area contributed by atoms with E-state index in [1.807, 2.05) is 0 Å². The summed E-state index contributed by atoms with van der Waals surface area (Å²) in [5.41, 5.74) is -0.903. The summed E-state index contributed by atoms with van der Waals surface area (Å²) in [7, 11) is -3.25. The molecule has 0 aromatic heterocycles. The van der Waals surface area contributed by atoms with Gasteiger partial charge in [-0.1, -0.05) is 0 Å². The van der Waals surface area contributed by atoms with Crippen molar-refractivity contribution in [2.24, 2.45) is 0 Å². The monoisotopic (exact) mass is 260 g/mol. The molecule has 1 aromatic carbocycles. The van der Waals surface area contributed by atoms with Gasteiger partial charge in [-0.05, 0) is 31.4 Å². The van der Waals surface area contributed by atoms with Crippen LogP contribution in [0.4, 0.5) is 4.39 Å². The Morgan fingerprint density at radius 3 is 2.76 bits per heavy atom. The van der Waals surface area contributed by atoms with Crippen molar-refractivity contribution in [1.82, 2.24) is 0 Å². The Balaban J connectivity index is 2.17. The Kier molecular flexibility index (Phi) is 3.24. The van der Waals surface area contributed by atoms with Gasteiger partial charge in [0.25, 0.3) is 0 Å². The van der Waals surface area contributed by atoms with Crippen LogP contribution in [0.2, 0.25) is 0 Å². The lowest BCUT2D eigenvalue weighted by atomic mass is 10.2. The summed E-state index contributed by atoms with van der Waals surface area (Å²) in [6, 6.07) is 3.47. The van der Waals surface area contributed by atoms with Crippen LogP contribution in [0.5, 0.6) is 11.5 Å². The smallest absolute Gasteiger partial charge is 0.199 e. The largest absolute Gasteiger partial charge is 0.505 e. The zero-order valence-corrected chi connectivity index (χ0v) is 9.91. The zero-order valence-electron chi connectivity index (χ0n) is 9.10.